The van der Waals surface area contributed by atoms with Gasteiger partial charge in [-0.2, -0.15) is 0 Å². The van der Waals surface area contributed by atoms with E-state index in [9.17, 15) is 0 Å². The van der Waals surface area contributed by atoms with Gasteiger partial charge in [0.15, 0.2) is 0 Å². The Kier molecular flexibility index (Phi) is 3.97. The number of furan rings is 2. The van der Waals surface area contributed by atoms with Gasteiger partial charge in [0.2, 0.25) is 0 Å². The molecule has 0 saturated carbocycles. The molecule has 2 nitrogen and oxygen atoms in total. The molecule has 0 N–H and O–H groups in total. The van der Waals surface area contributed by atoms with E-state index in [1.54, 1.807) is 6.26 Å². The normalized spacial score (nSPS) is 11.9. The molecule has 36 heavy (non-hydrogen) atoms. The smallest absolute Gasteiger partial charge is 0.136 e. The fourth-order valence-corrected chi connectivity index (χ4v) is 5.74. The highest BCUT2D eigenvalue weighted by atomic mass is 16.3. The fourth-order valence-electron chi connectivity index (χ4n) is 5.74. The second-order valence-corrected chi connectivity index (χ2v) is 9.33. The van der Waals surface area contributed by atoms with E-state index >= 15 is 0 Å². The summed E-state index contributed by atoms with van der Waals surface area (Å²) in [6.45, 7) is 0. The highest BCUT2D eigenvalue weighted by Gasteiger charge is 2.17. The van der Waals surface area contributed by atoms with Gasteiger partial charge in [0, 0.05) is 16.2 Å². The van der Waals surface area contributed by atoms with Gasteiger partial charge in [-0.15, -0.1) is 0 Å². The Balaban J connectivity index is 1.46. The Labute approximate surface area is 207 Å². The summed E-state index contributed by atoms with van der Waals surface area (Å²) in [5, 5.41) is 8.21. The van der Waals surface area contributed by atoms with Gasteiger partial charge in [-0.25, -0.2) is 0 Å². The predicted octanol–water partition coefficient (Wildman–Crippen LogP) is 9.97. The van der Waals surface area contributed by atoms with Gasteiger partial charge in [-0.05, 0) is 74.1 Å². The number of benzene rings is 6. The van der Waals surface area contributed by atoms with Gasteiger partial charge in [0.25, 0.3) is 0 Å². The molecule has 0 fully saturated rings. The molecule has 0 unspecified atom stereocenters. The van der Waals surface area contributed by atoms with Crippen LogP contribution in [0.25, 0.3) is 76.7 Å². The van der Waals surface area contributed by atoms with E-state index in [1.807, 2.05) is 6.07 Å². The van der Waals surface area contributed by atoms with Crippen molar-refractivity contribution in [1.82, 2.24) is 0 Å². The summed E-state index contributed by atoms with van der Waals surface area (Å²) in [5.74, 6) is 0. The standard InChI is InChI=1S/C34H20O2/c1-2-8-21(9-3-1)33-25-10-4-6-12-27(25)34(28-13-7-5-11-26(28)33)23-14-15-24-29-20-30-22(16-17-35-30)18-32(29)36-31(24)19-23/h1-20H. The van der Waals surface area contributed by atoms with Gasteiger partial charge >= 0.3 is 0 Å². The number of hydrogen-bond donors (Lipinski definition) is 0. The number of hydrogen-bond acceptors (Lipinski definition) is 2. The Hall–Kier alpha value is -4.82. The quantitative estimate of drug-likeness (QED) is 0.240. The van der Waals surface area contributed by atoms with E-state index in [0.29, 0.717) is 0 Å². The topological polar surface area (TPSA) is 26.3 Å². The lowest BCUT2D eigenvalue weighted by atomic mass is 9.86. The minimum atomic E-state index is 0.878. The molecule has 6 aromatic carbocycles. The Morgan fingerprint density at radius 2 is 1.00 bits per heavy atom. The molecule has 0 bridgehead atoms. The first kappa shape index (κ1) is 19.5. The molecule has 8 rings (SSSR count). The van der Waals surface area contributed by atoms with Crippen LogP contribution in [0.1, 0.15) is 0 Å². The van der Waals surface area contributed by atoms with Crippen LogP contribution in [0.3, 0.4) is 0 Å². The van der Waals surface area contributed by atoms with Gasteiger partial charge in [0.1, 0.15) is 16.7 Å². The Morgan fingerprint density at radius 3 is 1.69 bits per heavy atom. The molecule has 2 heteroatoms. The first-order chi connectivity index (χ1) is 17.8. The molecular formula is C34H20O2. The molecule has 0 aliphatic rings. The Bertz CT molecular complexity index is 2030. The maximum absolute atomic E-state index is 6.37. The lowest BCUT2D eigenvalue weighted by Crippen LogP contribution is -1.90. The molecule has 0 radical (unpaired) electrons. The van der Waals surface area contributed by atoms with Crippen LogP contribution in [0.4, 0.5) is 0 Å². The summed E-state index contributed by atoms with van der Waals surface area (Å²) in [4.78, 5) is 0. The van der Waals surface area contributed by atoms with E-state index < -0.39 is 0 Å². The van der Waals surface area contributed by atoms with E-state index in [-0.39, 0.29) is 0 Å². The van der Waals surface area contributed by atoms with Crippen molar-refractivity contribution < 1.29 is 8.83 Å². The van der Waals surface area contributed by atoms with Gasteiger partial charge in [-0.1, -0.05) is 84.9 Å². The highest BCUT2D eigenvalue weighted by Crippen LogP contribution is 2.44. The molecule has 8 aromatic rings. The molecule has 168 valence electrons. The molecule has 0 aliphatic heterocycles. The first-order valence-corrected chi connectivity index (χ1v) is 12.2. The van der Waals surface area contributed by atoms with Crippen LogP contribution in [0.5, 0.6) is 0 Å². The molecule has 2 aromatic heterocycles. The number of rotatable bonds is 2. The maximum atomic E-state index is 6.37. The summed E-state index contributed by atoms with van der Waals surface area (Å²) in [7, 11) is 0. The molecule has 0 spiro atoms. The zero-order chi connectivity index (χ0) is 23.6. The summed E-state index contributed by atoms with van der Waals surface area (Å²) < 4.78 is 12.0. The van der Waals surface area contributed by atoms with Crippen LogP contribution in [-0.2, 0) is 0 Å². The summed E-state index contributed by atoms with van der Waals surface area (Å²) >= 11 is 0. The van der Waals surface area contributed by atoms with Crippen LogP contribution in [0.15, 0.2) is 130 Å². The van der Waals surface area contributed by atoms with Gasteiger partial charge in [0.05, 0.1) is 6.26 Å². The van der Waals surface area contributed by atoms with E-state index in [2.05, 4.69) is 109 Å². The largest absolute Gasteiger partial charge is 0.464 e. The van der Waals surface area contributed by atoms with Crippen LogP contribution < -0.4 is 0 Å². The highest BCUT2D eigenvalue weighted by molar-refractivity contribution is 6.22. The van der Waals surface area contributed by atoms with Crippen molar-refractivity contribution in [3.05, 3.63) is 122 Å². The van der Waals surface area contributed by atoms with Crippen LogP contribution in [-0.4, -0.2) is 0 Å². The van der Waals surface area contributed by atoms with Crippen LogP contribution in [0.2, 0.25) is 0 Å². The minimum absolute atomic E-state index is 0.878. The third-order valence-electron chi connectivity index (χ3n) is 7.33. The molecule has 0 amide bonds. The molecule has 0 saturated heterocycles. The average Bonchev–Trinajstić information content (AvgIpc) is 3.53. The van der Waals surface area contributed by atoms with Crippen molar-refractivity contribution in [3.63, 3.8) is 0 Å². The SMILES string of the molecule is c1ccc(-c2c3ccccc3c(-c3ccc4c(c3)oc3cc5ccoc5cc34)c3ccccc23)cc1. The second-order valence-electron chi connectivity index (χ2n) is 9.33. The van der Waals surface area contributed by atoms with Crippen molar-refractivity contribution >= 4 is 54.5 Å². The van der Waals surface area contributed by atoms with Crippen molar-refractivity contribution in [2.45, 2.75) is 0 Å². The molecular weight excluding hydrogens is 440 g/mol. The van der Waals surface area contributed by atoms with Gasteiger partial charge < -0.3 is 8.83 Å². The average molecular weight is 461 g/mol. The lowest BCUT2D eigenvalue weighted by Gasteiger charge is -2.17. The van der Waals surface area contributed by atoms with E-state index in [1.165, 1.54) is 38.2 Å². The van der Waals surface area contributed by atoms with Crippen molar-refractivity contribution in [1.29, 1.82) is 0 Å². The zero-order valence-corrected chi connectivity index (χ0v) is 19.4. The van der Waals surface area contributed by atoms with E-state index in [4.69, 9.17) is 8.83 Å². The molecule has 2 heterocycles. The fraction of sp³-hybridized carbons (Fsp3) is 0. The summed E-state index contributed by atoms with van der Waals surface area (Å²) in [6.07, 6.45) is 1.72. The zero-order valence-electron chi connectivity index (χ0n) is 19.4. The van der Waals surface area contributed by atoms with Crippen LogP contribution >= 0.6 is 0 Å². The van der Waals surface area contributed by atoms with E-state index in [0.717, 1.165) is 38.5 Å². The lowest BCUT2D eigenvalue weighted by molar-refractivity contribution is 0.616. The molecule has 0 aliphatic carbocycles. The first-order valence-electron chi connectivity index (χ1n) is 12.2. The third-order valence-corrected chi connectivity index (χ3v) is 7.33. The molecule has 0 atom stereocenters. The van der Waals surface area contributed by atoms with Crippen LogP contribution in [0, 0.1) is 0 Å². The third kappa shape index (κ3) is 2.73. The van der Waals surface area contributed by atoms with Gasteiger partial charge in [-0.3, -0.25) is 0 Å². The minimum Gasteiger partial charge on any atom is -0.464 e. The van der Waals surface area contributed by atoms with Crippen molar-refractivity contribution in [3.8, 4) is 22.3 Å². The Morgan fingerprint density at radius 1 is 0.389 bits per heavy atom. The maximum Gasteiger partial charge on any atom is 0.136 e. The monoisotopic (exact) mass is 460 g/mol. The summed E-state index contributed by atoms with van der Waals surface area (Å²) in [5.41, 5.74) is 7.53. The second kappa shape index (κ2) is 7.34. The van der Waals surface area contributed by atoms with Crippen molar-refractivity contribution in [2.75, 3.05) is 0 Å². The predicted molar refractivity (Wildman–Crippen MR) is 149 cm³/mol. The van der Waals surface area contributed by atoms with Crippen molar-refractivity contribution in [2.24, 2.45) is 0 Å². The number of fused-ring (bicyclic) bond motifs is 6. The summed E-state index contributed by atoms with van der Waals surface area (Å²) in [6, 6.07) is 40.9.